The van der Waals surface area contributed by atoms with E-state index in [-0.39, 0.29) is 11.8 Å². The Balaban J connectivity index is 1.30. The first-order valence-corrected chi connectivity index (χ1v) is 9.57. The molecule has 1 aliphatic carbocycles. The minimum atomic E-state index is 0.171. The lowest BCUT2D eigenvalue weighted by molar-refractivity contribution is -0.127. The number of hydrogen-bond donors (Lipinski definition) is 2. The predicted octanol–water partition coefficient (Wildman–Crippen LogP) is 1.02. The van der Waals surface area contributed by atoms with Gasteiger partial charge in [0, 0.05) is 37.9 Å². The van der Waals surface area contributed by atoms with Crippen molar-refractivity contribution in [2.24, 2.45) is 5.92 Å². The van der Waals surface area contributed by atoms with Gasteiger partial charge >= 0.3 is 0 Å². The minimum Gasteiger partial charge on any atom is -0.384 e. The summed E-state index contributed by atoms with van der Waals surface area (Å²) in [6.07, 6.45) is 8.38. The largest absolute Gasteiger partial charge is 0.384 e. The second kappa shape index (κ2) is 7.15. The summed E-state index contributed by atoms with van der Waals surface area (Å²) in [5, 5.41) is 3.18. The zero-order valence-corrected chi connectivity index (χ0v) is 14.7. The van der Waals surface area contributed by atoms with Crippen LogP contribution in [0.25, 0.3) is 0 Å². The molecule has 3 aliphatic rings. The van der Waals surface area contributed by atoms with E-state index >= 15 is 0 Å². The highest BCUT2D eigenvalue weighted by Crippen LogP contribution is 2.26. The molecule has 0 unspecified atom stereocenters. The second-order valence-electron chi connectivity index (χ2n) is 7.62. The highest BCUT2D eigenvalue weighted by atomic mass is 16.2. The molecule has 0 radical (unpaired) electrons. The van der Waals surface area contributed by atoms with E-state index in [0.29, 0.717) is 17.9 Å². The number of nitrogens with zero attached hydrogens (tertiary/aromatic N) is 4. The summed E-state index contributed by atoms with van der Waals surface area (Å²) in [6, 6.07) is 2.75. The lowest BCUT2D eigenvalue weighted by Gasteiger charge is -2.42. The third kappa shape index (κ3) is 4.03. The van der Waals surface area contributed by atoms with E-state index in [1.54, 1.807) is 12.3 Å². The molecule has 1 aromatic rings. The normalized spacial score (nSPS) is 25.8. The molecular weight excluding hydrogens is 316 g/mol. The molecule has 2 saturated heterocycles. The number of hydrogen-bond acceptors (Lipinski definition) is 6. The Labute approximate surface area is 149 Å². The lowest BCUT2D eigenvalue weighted by atomic mass is 9.93. The SMILES string of the molecule is Nc1ccnc(N2CCC(N3CCC[C@@H](C(=O)NC4CC4)C3)CC2)n1. The van der Waals surface area contributed by atoms with Gasteiger partial charge in [0.05, 0.1) is 5.92 Å². The Morgan fingerprint density at radius 1 is 1.16 bits per heavy atom. The van der Waals surface area contributed by atoms with E-state index in [1.807, 2.05) is 0 Å². The maximum absolute atomic E-state index is 12.4. The van der Waals surface area contributed by atoms with Gasteiger partial charge in [-0.25, -0.2) is 4.98 Å². The average molecular weight is 344 g/mol. The molecular formula is C18H28N6O. The molecule has 0 spiro atoms. The number of aromatic nitrogens is 2. The van der Waals surface area contributed by atoms with Crippen molar-refractivity contribution in [1.82, 2.24) is 20.2 Å². The number of anilines is 2. The van der Waals surface area contributed by atoms with Crippen LogP contribution in [0.5, 0.6) is 0 Å². The van der Waals surface area contributed by atoms with E-state index in [2.05, 4.69) is 25.1 Å². The van der Waals surface area contributed by atoms with E-state index in [0.717, 1.165) is 70.7 Å². The van der Waals surface area contributed by atoms with E-state index in [9.17, 15) is 4.79 Å². The average Bonchev–Trinajstić information content (AvgIpc) is 3.46. The van der Waals surface area contributed by atoms with Gasteiger partial charge in [0.15, 0.2) is 0 Å². The molecule has 0 aromatic carbocycles. The van der Waals surface area contributed by atoms with Crippen LogP contribution < -0.4 is 16.0 Å². The molecule has 7 heteroatoms. The van der Waals surface area contributed by atoms with Crippen molar-refractivity contribution in [2.45, 2.75) is 50.6 Å². The Hall–Kier alpha value is -1.89. The van der Waals surface area contributed by atoms with Crippen LogP contribution in [0.15, 0.2) is 12.3 Å². The van der Waals surface area contributed by atoms with Gasteiger partial charge in [0.25, 0.3) is 0 Å². The highest BCUT2D eigenvalue weighted by molar-refractivity contribution is 5.79. The Morgan fingerprint density at radius 3 is 2.68 bits per heavy atom. The van der Waals surface area contributed by atoms with Crippen molar-refractivity contribution in [3.63, 3.8) is 0 Å². The Morgan fingerprint density at radius 2 is 1.96 bits per heavy atom. The first kappa shape index (κ1) is 16.6. The van der Waals surface area contributed by atoms with Crippen LogP contribution in [-0.4, -0.2) is 59.0 Å². The molecule has 3 N–H and O–H groups in total. The maximum Gasteiger partial charge on any atom is 0.227 e. The van der Waals surface area contributed by atoms with Crippen LogP contribution in [0.2, 0.25) is 0 Å². The van der Waals surface area contributed by atoms with Gasteiger partial charge < -0.3 is 16.0 Å². The topological polar surface area (TPSA) is 87.4 Å². The maximum atomic E-state index is 12.4. The molecule has 1 amide bonds. The molecule has 7 nitrogen and oxygen atoms in total. The van der Waals surface area contributed by atoms with Crippen molar-refractivity contribution in [3.05, 3.63) is 12.3 Å². The summed E-state index contributed by atoms with van der Waals surface area (Å²) in [4.78, 5) is 25.8. The van der Waals surface area contributed by atoms with Gasteiger partial charge in [-0.2, -0.15) is 4.98 Å². The van der Waals surface area contributed by atoms with Crippen LogP contribution in [0.3, 0.4) is 0 Å². The van der Waals surface area contributed by atoms with Crippen molar-refractivity contribution in [3.8, 4) is 0 Å². The van der Waals surface area contributed by atoms with E-state index < -0.39 is 0 Å². The molecule has 0 bridgehead atoms. The van der Waals surface area contributed by atoms with Gasteiger partial charge in [0.1, 0.15) is 5.82 Å². The number of likely N-dealkylation sites (tertiary alicyclic amines) is 1. The molecule has 1 aromatic heterocycles. The molecule has 2 aliphatic heterocycles. The van der Waals surface area contributed by atoms with Gasteiger partial charge in [-0.15, -0.1) is 0 Å². The Kier molecular flexibility index (Phi) is 4.74. The molecule has 3 fully saturated rings. The number of amides is 1. The van der Waals surface area contributed by atoms with Crippen molar-refractivity contribution in [2.75, 3.05) is 36.8 Å². The fourth-order valence-electron chi connectivity index (χ4n) is 4.04. The number of rotatable bonds is 4. The molecule has 4 rings (SSSR count). The fraction of sp³-hybridized carbons (Fsp3) is 0.722. The zero-order valence-electron chi connectivity index (χ0n) is 14.7. The molecule has 1 atom stereocenters. The Bertz CT molecular complexity index is 611. The number of nitrogens with two attached hydrogens (primary N) is 1. The minimum absolute atomic E-state index is 0.171. The van der Waals surface area contributed by atoms with Gasteiger partial charge in [-0.3, -0.25) is 9.69 Å². The van der Waals surface area contributed by atoms with Crippen molar-refractivity contribution >= 4 is 17.7 Å². The number of carbonyl (C=O) groups excluding carboxylic acids is 1. The monoisotopic (exact) mass is 344 g/mol. The first-order chi connectivity index (χ1) is 12.2. The van der Waals surface area contributed by atoms with Crippen LogP contribution in [0, 0.1) is 5.92 Å². The first-order valence-electron chi connectivity index (χ1n) is 9.57. The number of piperidine rings is 2. The summed E-state index contributed by atoms with van der Waals surface area (Å²) in [7, 11) is 0. The molecule has 25 heavy (non-hydrogen) atoms. The number of nitrogens with one attached hydrogen (secondary N) is 1. The number of carbonyl (C=O) groups is 1. The third-order valence-corrected chi connectivity index (χ3v) is 5.68. The van der Waals surface area contributed by atoms with Crippen LogP contribution in [0.1, 0.15) is 38.5 Å². The standard InChI is InChI=1S/C18H28N6O/c19-16-5-8-20-18(22-16)23-10-6-15(7-11-23)24-9-1-2-13(12-24)17(25)21-14-3-4-14/h5,8,13-15H,1-4,6-7,9-12H2,(H,21,25)(H2,19,20,22)/t13-/m1/s1. The smallest absolute Gasteiger partial charge is 0.227 e. The molecule has 3 heterocycles. The van der Waals surface area contributed by atoms with Crippen molar-refractivity contribution in [1.29, 1.82) is 0 Å². The fourth-order valence-corrected chi connectivity index (χ4v) is 4.04. The van der Waals surface area contributed by atoms with Crippen LogP contribution >= 0.6 is 0 Å². The van der Waals surface area contributed by atoms with Gasteiger partial charge in [0.2, 0.25) is 11.9 Å². The lowest BCUT2D eigenvalue weighted by Crippen LogP contribution is -2.51. The predicted molar refractivity (Wildman–Crippen MR) is 97.1 cm³/mol. The van der Waals surface area contributed by atoms with Crippen LogP contribution in [-0.2, 0) is 4.79 Å². The van der Waals surface area contributed by atoms with Crippen LogP contribution in [0.4, 0.5) is 11.8 Å². The van der Waals surface area contributed by atoms with Gasteiger partial charge in [-0.1, -0.05) is 0 Å². The highest BCUT2D eigenvalue weighted by Gasteiger charge is 2.34. The zero-order chi connectivity index (χ0) is 17.2. The number of nitrogen functional groups attached to an aromatic ring is 1. The van der Waals surface area contributed by atoms with E-state index in [1.165, 1.54) is 0 Å². The summed E-state index contributed by atoms with van der Waals surface area (Å²) >= 11 is 0. The van der Waals surface area contributed by atoms with Gasteiger partial charge in [-0.05, 0) is 51.1 Å². The summed E-state index contributed by atoms with van der Waals surface area (Å²) in [6.45, 7) is 3.93. The quantitative estimate of drug-likeness (QED) is 0.848. The van der Waals surface area contributed by atoms with E-state index in [4.69, 9.17) is 5.73 Å². The summed E-state index contributed by atoms with van der Waals surface area (Å²) in [5.74, 6) is 1.70. The molecule has 136 valence electrons. The summed E-state index contributed by atoms with van der Waals surface area (Å²) in [5.41, 5.74) is 5.77. The molecule has 1 saturated carbocycles. The summed E-state index contributed by atoms with van der Waals surface area (Å²) < 4.78 is 0. The third-order valence-electron chi connectivity index (χ3n) is 5.68. The van der Waals surface area contributed by atoms with Crippen molar-refractivity contribution < 1.29 is 4.79 Å². The second-order valence-corrected chi connectivity index (χ2v) is 7.62.